The van der Waals surface area contributed by atoms with Crippen molar-refractivity contribution in [3.05, 3.63) is 27.1 Å². The summed E-state index contributed by atoms with van der Waals surface area (Å²) in [7, 11) is 0. The molecule has 1 atom stereocenters. The van der Waals surface area contributed by atoms with Crippen molar-refractivity contribution in [3.8, 4) is 0 Å². The van der Waals surface area contributed by atoms with Gasteiger partial charge in [-0.15, -0.1) is 23.1 Å². The Labute approximate surface area is 118 Å². The second kappa shape index (κ2) is 5.27. The molecule has 96 valence electrons. The molecule has 1 fully saturated rings. The molecule has 0 aliphatic carbocycles. The summed E-state index contributed by atoms with van der Waals surface area (Å²) in [6.45, 7) is 2.10. The Kier molecular flexibility index (Phi) is 3.68. The highest BCUT2D eigenvalue weighted by Crippen LogP contribution is 2.35. The Bertz CT molecular complexity index is 613. The second-order valence-corrected chi connectivity index (χ2v) is 7.75. The van der Waals surface area contributed by atoms with Gasteiger partial charge < -0.3 is 4.98 Å². The minimum atomic E-state index is 0.0159. The number of H-pyrrole nitrogens is 1. The van der Waals surface area contributed by atoms with Crippen LogP contribution in [0.3, 0.4) is 0 Å². The Morgan fingerprint density at radius 3 is 3.11 bits per heavy atom. The van der Waals surface area contributed by atoms with Gasteiger partial charge in [0.1, 0.15) is 10.7 Å². The second-order valence-electron chi connectivity index (χ2n) is 4.17. The van der Waals surface area contributed by atoms with Crippen molar-refractivity contribution in [2.75, 3.05) is 17.3 Å². The molecule has 1 aliphatic heterocycles. The largest absolute Gasteiger partial charge is 0.309 e. The third kappa shape index (κ3) is 2.33. The molecule has 1 aliphatic rings. The summed E-state index contributed by atoms with van der Waals surface area (Å²) in [5.74, 6) is 4.24. The number of hydrogen-bond donors (Lipinski definition) is 1. The van der Waals surface area contributed by atoms with Crippen LogP contribution in [0.25, 0.3) is 10.2 Å². The number of thiophene rings is 1. The quantitative estimate of drug-likeness (QED) is 0.925. The van der Waals surface area contributed by atoms with E-state index in [0.29, 0.717) is 5.25 Å². The third-order valence-corrected chi connectivity index (χ3v) is 6.88. The summed E-state index contributed by atoms with van der Waals surface area (Å²) in [5, 5.41) is 1.09. The van der Waals surface area contributed by atoms with Crippen molar-refractivity contribution < 1.29 is 0 Å². The minimum Gasteiger partial charge on any atom is -0.309 e. The fourth-order valence-corrected chi connectivity index (χ4v) is 5.57. The van der Waals surface area contributed by atoms with Crippen molar-refractivity contribution >= 4 is 45.1 Å². The van der Waals surface area contributed by atoms with E-state index in [1.807, 2.05) is 29.6 Å². The van der Waals surface area contributed by atoms with Gasteiger partial charge >= 0.3 is 0 Å². The smallest absolute Gasteiger partial charge is 0.259 e. The van der Waals surface area contributed by atoms with Crippen molar-refractivity contribution in [2.24, 2.45) is 0 Å². The highest BCUT2D eigenvalue weighted by Gasteiger charge is 2.20. The lowest BCUT2D eigenvalue weighted by Gasteiger charge is -2.19. The van der Waals surface area contributed by atoms with E-state index in [4.69, 9.17) is 0 Å². The molecule has 3 rings (SSSR count). The topological polar surface area (TPSA) is 45.8 Å². The summed E-state index contributed by atoms with van der Waals surface area (Å²) >= 11 is 5.48. The molecule has 1 saturated heterocycles. The molecule has 0 spiro atoms. The predicted molar refractivity (Wildman–Crippen MR) is 82.1 cm³/mol. The monoisotopic (exact) mass is 298 g/mol. The van der Waals surface area contributed by atoms with Crippen LogP contribution in [0.5, 0.6) is 0 Å². The zero-order valence-corrected chi connectivity index (χ0v) is 12.5. The van der Waals surface area contributed by atoms with E-state index in [2.05, 4.69) is 16.9 Å². The first-order valence-electron chi connectivity index (χ1n) is 6.00. The van der Waals surface area contributed by atoms with Crippen LogP contribution >= 0.6 is 34.9 Å². The number of aryl methyl sites for hydroxylation is 1. The van der Waals surface area contributed by atoms with E-state index in [0.717, 1.165) is 34.0 Å². The summed E-state index contributed by atoms with van der Waals surface area (Å²) < 4.78 is 0. The maximum Gasteiger partial charge on any atom is 0.259 e. The van der Waals surface area contributed by atoms with Gasteiger partial charge in [-0.2, -0.15) is 11.8 Å². The molecule has 0 saturated carbocycles. The predicted octanol–water partition coefficient (Wildman–Crippen LogP) is 3.07. The molecule has 2 aromatic rings. The van der Waals surface area contributed by atoms with Gasteiger partial charge in [-0.05, 0) is 12.5 Å². The molecule has 3 nitrogen and oxygen atoms in total. The average Bonchev–Trinajstić information content (AvgIpc) is 2.83. The number of thioether (sulfide) groups is 2. The standard InChI is InChI=1S/C12H14N2OS3/c1-2-7-5-8-11(15)13-10(14-12(8)18-7)9-6-16-3-4-17-9/h5,9H,2-4,6H2,1H3,(H,13,14,15). The maximum absolute atomic E-state index is 12.1. The van der Waals surface area contributed by atoms with Gasteiger partial charge in [-0.1, -0.05) is 6.92 Å². The lowest BCUT2D eigenvalue weighted by Crippen LogP contribution is -2.16. The van der Waals surface area contributed by atoms with Crippen molar-refractivity contribution in [2.45, 2.75) is 18.6 Å². The van der Waals surface area contributed by atoms with Crippen LogP contribution in [-0.2, 0) is 6.42 Å². The zero-order valence-electron chi connectivity index (χ0n) is 10.1. The summed E-state index contributed by atoms with van der Waals surface area (Å²) in [6.07, 6.45) is 0.962. The van der Waals surface area contributed by atoms with E-state index >= 15 is 0 Å². The molecule has 2 aromatic heterocycles. The van der Waals surface area contributed by atoms with Crippen LogP contribution in [0.15, 0.2) is 10.9 Å². The molecular formula is C12H14N2OS3. The zero-order chi connectivity index (χ0) is 12.5. The number of fused-ring (bicyclic) bond motifs is 1. The van der Waals surface area contributed by atoms with E-state index in [-0.39, 0.29) is 5.56 Å². The van der Waals surface area contributed by atoms with E-state index < -0.39 is 0 Å². The van der Waals surface area contributed by atoms with Gasteiger partial charge in [0.25, 0.3) is 5.56 Å². The molecule has 0 radical (unpaired) electrons. The van der Waals surface area contributed by atoms with E-state index in [9.17, 15) is 4.79 Å². The van der Waals surface area contributed by atoms with Gasteiger partial charge in [-0.3, -0.25) is 4.79 Å². The van der Waals surface area contributed by atoms with Crippen LogP contribution in [0.1, 0.15) is 22.9 Å². The lowest BCUT2D eigenvalue weighted by atomic mass is 10.3. The highest BCUT2D eigenvalue weighted by molar-refractivity contribution is 8.06. The average molecular weight is 298 g/mol. The first-order valence-corrected chi connectivity index (χ1v) is 9.02. The van der Waals surface area contributed by atoms with Crippen LogP contribution in [-0.4, -0.2) is 27.2 Å². The van der Waals surface area contributed by atoms with Crippen LogP contribution in [0, 0.1) is 0 Å². The fraction of sp³-hybridized carbons (Fsp3) is 0.500. The molecular weight excluding hydrogens is 284 g/mol. The van der Waals surface area contributed by atoms with E-state index in [1.54, 1.807) is 11.3 Å². The molecule has 0 aromatic carbocycles. The Hall–Kier alpha value is -0.460. The van der Waals surface area contributed by atoms with E-state index in [1.165, 1.54) is 10.6 Å². The number of aromatic amines is 1. The Morgan fingerprint density at radius 2 is 2.39 bits per heavy atom. The van der Waals surface area contributed by atoms with Crippen molar-refractivity contribution in [3.63, 3.8) is 0 Å². The maximum atomic E-state index is 12.1. The first kappa shape index (κ1) is 12.6. The molecule has 0 amide bonds. The SMILES string of the molecule is CCc1cc2c(=O)[nH]c(C3CSCCS3)nc2s1. The number of hydrogen-bond acceptors (Lipinski definition) is 5. The number of rotatable bonds is 2. The number of aromatic nitrogens is 2. The normalized spacial score (nSPS) is 20.4. The minimum absolute atomic E-state index is 0.0159. The molecule has 0 bridgehead atoms. The van der Waals surface area contributed by atoms with Crippen LogP contribution < -0.4 is 5.56 Å². The summed E-state index contributed by atoms with van der Waals surface area (Å²) in [4.78, 5) is 21.8. The van der Waals surface area contributed by atoms with Crippen LogP contribution in [0.2, 0.25) is 0 Å². The Morgan fingerprint density at radius 1 is 1.50 bits per heavy atom. The molecule has 3 heterocycles. The molecule has 1 N–H and O–H groups in total. The van der Waals surface area contributed by atoms with Gasteiger partial charge in [-0.25, -0.2) is 4.98 Å². The van der Waals surface area contributed by atoms with Crippen molar-refractivity contribution in [1.29, 1.82) is 0 Å². The lowest BCUT2D eigenvalue weighted by molar-refractivity contribution is 0.931. The molecule has 6 heteroatoms. The molecule has 18 heavy (non-hydrogen) atoms. The van der Waals surface area contributed by atoms with Crippen molar-refractivity contribution in [1.82, 2.24) is 9.97 Å². The van der Waals surface area contributed by atoms with Gasteiger partial charge in [0, 0.05) is 22.1 Å². The summed E-state index contributed by atoms with van der Waals surface area (Å²) in [6, 6.07) is 1.97. The highest BCUT2D eigenvalue weighted by atomic mass is 32.2. The fourth-order valence-electron chi connectivity index (χ4n) is 1.97. The summed E-state index contributed by atoms with van der Waals surface area (Å²) in [5.41, 5.74) is 0.0159. The number of nitrogens with zero attached hydrogens (tertiary/aromatic N) is 1. The first-order chi connectivity index (χ1) is 8.78. The van der Waals surface area contributed by atoms with Crippen LogP contribution in [0.4, 0.5) is 0 Å². The number of nitrogens with one attached hydrogen (secondary N) is 1. The molecule has 1 unspecified atom stereocenters. The third-order valence-electron chi connectivity index (χ3n) is 2.94. The Balaban J connectivity index is 2.05. The van der Waals surface area contributed by atoms with Gasteiger partial charge in [0.05, 0.1) is 10.6 Å². The van der Waals surface area contributed by atoms with Gasteiger partial charge in [0.15, 0.2) is 0 Å². The van der Waals surface area contributed by atoms with Gasteiger partial charge in [0.2, 0.25) is 0 Å².